The van der Waals surface area contributed by atoms with E-state index in [0.717, 1.165) is 0 Å². The summed E-state index contributed by atoms with van der Waals surface area (Å²) in [4.78, 5) is 25.1. The minimum atomic E-state index is -1.01. The molecule has 0 aliphatic rings. The Hall–Kier alpha value is -2.11. The Morgan fingerprint density at radius 2 is 2.25 bits per heavy atom. The fourth-order valence-corrected chi connectivity index (χ4v) is 1.21. The maximum absolute atomic E-state index is 10.8. The highest BCUT2D eigenvalue weighted by Crippen LogP contribution is 2.12. The maximum Gasteiger partial charge on any atom is 0.337 e. The molecule has 0 aliphatic heterocycles. The van der Waals surface area contributed by atoms with Crippen LogP contribution in [0.25, 0.3) is 0 Å². The first kappa shape index (κ1) is 12.0. The number of aromatic carboxylic acids is 1. The van der Waals surface area contributed by atoms with Crippen LogP contribution in [0.15, 0.2) is 18.5 Å². The lowest BCUT2D eigenvalue weighted by atomic mass is 10.2. The van der Waals surface area contributed by atoms with Crippen LogP contribution in [0.3, 0.4) is 0 Å². The van der Waals surface area contributed by atoms with E-state index in [1.165, 1.54) is 18.5 Å². The first-order valence-corrected chi connectivity index (χ1v) is 4.80. The summed E-state index contributed by atoms with van der Waals surface area (Å²) in [7, 11) is 0. The Kier molecular flexibility index (Phi) is 4.26. The predicted octanol–water partition coefficient (Wildman–Crippen LogP) is 0.457. The number of carbonyl (C=O) groups excluding carboxylic acids is 1. The first-order chi connectivity index (χ1) is 7.61. The number of pyridine rings is 1. The summed E-state index contributed by atoms with van der Waals surface area (Å²) in [5, 5.41) is 11.8. The van der Waals surface area contributed by atoms with Crippen LogP contribution >= 0.6 is 0 Å². The molecule has 1 aromatic heterocycles. The van der Waals surface area contributed by atoms with Crippen molar-refractivity contribution in [2.75, 3.05) is 11.9 Å². The Morgan fingerprint density at radius 3 is 2.88 bits per heavy atom. The van der Waals surface area contributed by atoms with Gasteiger partial charge in [-0.15, -0.1) is 0 Å². The molecule has 0 fully saturated rings. The lowest BCUT2D eigenvalue weighted by Crippen LogP contribution is -2.13. The molecule has 0 saturated carbocycles. The van der Waals surface area contributed by atoms with Gasteiger partial charge in [0.2, 0.25) is 5.91 Å². The van der Waals surface area contributed by atoms with Crippen LogP contribution in [-0.4, -0.2) is 28.5 Å². The van der Waals surface area contributed by atoms with Gasteiger partial charge < -0.3 is 16.2 Å². The van der Waals surface area contributed by atoms with Gasteiger partial charge in [-0.1, -0.05) is 0 Å². The molecule has 1 aromatic rings. The molecule has 86 valence electrons. The van der Waals surface area contributed by atoms with Crippen molar-refractivity contribution in [3.63, 3.8) is 0 Å². The summed E-state index contributed by atoms with van der Waals surface area (Å²) >= 11 is 0. The lowest BCUT2D eigenvalue weighted by Gasteiger charge is -2.07. The molecule has 0 aliphatic carbocycles. The molecule has 0 unspecified atom stereocenters. The van der Waals surface area contributed by atoms with Crippen molar-refractivity contribution in [1.82, 2.24) is 4.98 Å². The molecule has 1 heterocycles. The monoisotopic (exact) mass is 223 g/mol. The largest absolute Gasteiger partial charge is 0.478 e. The Morgan fingerprint density at radius 1 is 1.50 bits per heavy atom. The quantitative estimate of drug-likeness (QED) is 0.607. The minimum Gasteiger partial charge on any atom is -0.478 e. The predicted molar refractivity (Wildman–Crippen MR) is 58.1 cm³/mol. The molecule has 4 N–H and O–H groups in total. The molecule has 0 spiro atoms. The zero-order valence-corrected chi connectivity index (χ0v) is 8.64. The van der Waals surface area contributed by atoms with Gasteiger partial charge in [0.1, 0.15) is 0 Å². The number of nitrogens with zero attached hydrogens (tertiary/aromatic N) is 1. The Bertz CT molecular complexity index is 393. The van der Waals surface area contributed by atoms with Gasteiger partial charge >= 0.3 is 5.97 Å². The van der Waals surface area contributed by atoms with Gasteiger partial charge in [-0.25, -0.2) is 4.79 Å². The van der Waals surface area contributed by atoms with Crippen LogP contribution in [0.2, 0.25) is 0 Å². The lowest BCUT2D eigenvalue weighted by molar-refractivity contribution is -0.118. The summed E-state index contributed by atoms with van der Waals surface area (Å²) in [6.07, 6.45) is 3.69. The van der Waals surface area contributed by atoms with Crippen LogP contribution in [0.1, 0.15) is 23.2 Å². The number of carboxylic acid groups (broad SMARTS) is 1. The summed E-state index contributed by atoms with van der Waals surface area (Å²) in [5.74, 6) is -1.38. The summed E-state index contributed by atoms with van der Waals surface area (Å²) in [6, 6.07) is 1.42. The van der Waals surface area contributed by atoms with Crippen molar-refractivity contribution in [3.05, 3.63) is 24.0 Å². The summed E-state index contributed by atoms with van der Waals surface area (Å²) in [5.41, 5.74) is 5.58. The van der Waals surface area contributed by atoms with Crippen molar-refractivity contribution in [2.24, 2.45) is 5.73 Å². The number of hydrogen-bond donors (Lipinski definition) is 3. The van der Waals surface area contributed by atoms with E-state index in [1.807, 2.05) is 0 Å². The van der Waals surface area contributed by atoms with E-state index in [1.54, 1.807) is 0 Å². The van der Waals surface area contributed by atoms with Crippen LogP contribution < -0.4 is 11.1 Å². The number of carboxylic acids is 1. The number of amides is 1. The number of rotatable bonds is 6. The molecule has 0 radical (unpaired) electrons. The highest BCUT2D eigenvalue weighted by Gasteiger charge is 2.08. The molecule has 1 rings (SSSR count). The second-order valence-corrected chi connectivity index (χ2v) is 3.22. The molecule has 16 heavy (non-hydrogen) atoms. The second-order valence-electron chi connectivity index (χ2n) is 3.22. The highest BCUT2D eigenvalue weighted by atomic mass is 16.4. The summed E-state index contributed by atoms with van der Waals surface area (Å²) in [6.45, 7) is 0.481. The number of nitrogens with two attached hydrogens (primary N) is 1. The van der Waals surface area contributed by atoms with E-state index < -0.39 is 5.97 Å². The molecular weight excluding hydrogens is 210 g/mol. The SMILES string of the molecule is NC(=O)CCCNc1cnccc1C(=O)O. The summed E-state index contributed by atoms with van der Waals surface area (Å²) < 4.78 is 0. The van der Waals surface area contributed by atoms with Crippen molar-refractivity contribution in [3.8, 4) is 0 Å². The van der Waals surface area contributed by atoms with Gasteiger partial charge in [-0.3, -0.25) is 9.78 Å². The molecule has 6 heteroatoms. The maximum atomic E-state index is 10.8. The normalized spacial score (nSPS) is 9.75. The van der Waals surface area contributed by atoms with E-state index in [2.05, 4.69) is 10.3 Å². The standard InChI is InChI=1S/C10H13N3O3/c11-9(14)2-1-4-13-8-6-12-5-3-7(8)10(15)16/h3,5-6,13H,1-2,4H2,(H2,11,14)(H,15,16). The number of hydrogen-bond acceptors (Lipinski definition) is 4. The third-order valence-corrected chi connectivity index (χ3v) is 1.97. The molecule has 0 aromatic carbocycles. The minimum absolute atomic E-state index is 0.161. The smallest absolute Gasteiger partial charge is 0.337 e. The topological polar surface area (TPSA) is 105 Å². The first-order valence-electron chi connectivity index (χ1n) is 4.80. The van der Waals surface area contributed by atoms with Gasteiger partial charge in [0.25, 0.3) is 0 Å². The van der Waals surface area contributed by atoms with Crippen molar-refractivity contribution in [1.29, 1.82) is 0 Å². The average Bonchev–Trinajstić information content (AvgIpc) is 2.24. The van der Waals surface area contributed by atoms with Crippen molar-refractivity contribution < 1.29 is 14.7 Å². The third-order valence-electron chi connectivity index (χ3n) is 1.97. The molecule has 1 amide bonds. The molecule has 6 nitrogen and oxygen atoms in total. The van der Waals surface area contributed by atoms with Crippen LogP contribution in [0, 0.1) is 0 Å². The third kappa shape index (κ3) is 3.56. The van der Waals surface area contributed by atoms with Gasteiger partial charge in [0.05, 0.1) is 17.4 Å². The second kappa shape index (κ2) is 5.69. The van der Waals surface area contributed by atoms with Gasteiger partial charge in [-0.05, 0) is 12.5 Å². The van der Waals surface area contributed by atoms with E-state index in [9.17, 15) is 9.59 Å². The van der Waals surface area contributed by atoms with E-state index in [4.69, 9.17) is 10.8 Å². The fraction of sp³-hybridized carbons (Fsp3) is 0.300. The van der Waals surface area contributed by atoms with E-state index >= 15 is 0 Å². The Labute approximate surface area is 92.5 Å². The van der Waals surface area contributed by atoms with Crippen molar-refractivity contribution in [2.45, 2.75) is 12.8 Å². The molecular formula is C10H13N3O3. The van der Waals surface area contributed by atoms with Crippen molar-refractivity contribution >= 4 is 17.6 Å². The zero-order chi connectivity index (χ0) is 12.0. The van der Waals surface area contributed by atoms with E-state index in [-0.39, 0.29) is 17.9 Å². The van der Waals surface area contributed by atoms with Crippen LogP contribution in [0.5, 0.6) is 0 Å². The van der Waals surface area contributed by atoms with Gasteiger partial charge in [0, 0.05) is 19.2 Å². The number of anilines is 1. The number of carbonyl (C=O) groups is 2. The number of nitrogens with one attached hydrogen (secondary N) is 1. The zero-order valence-electron chi connectivity index (χ0n) is 8.64. The van der Waals surface area contributed by atoms with Crippen LogP contribution in [0.4, 0.5) is 5.69 Å². The number of primary amides is 1. The average molecular weight is 223 g/mol. The molecule has 0 bridgehead atoms. The van der Waals surface area contributed by atoms with Gasteiger partial charge in [-0.2, -0.15) is 0 Å². The fourth-order valence-electron chi connectivity index (χ4n) is 1.21. The van der Waals surface area contributed by atoms with Crippen LogP contribution in [-0.2, 0) is 4.79 Å². The Balaban J connectivity index is 2.53. The van der Waals surface area contributed by atoms with E-state index in [0.29, 0.717) is 18.7 Å². The molecule has 0 saturated heterocycles. The number of aromatic nitrogens is 1. The van der Waals surface area contributed by atoms with Gasteiger partial charge in [0.15, 0.2) is 0 Å². The highest BCUT2D eigenvalue weighted by molar-refractivity contribution is 5.93. The molecule has 0 atom stereocenters.